The highest BCUT2D eigenvalue weighted by Gasteiger charge is 2.46. The maximum Gasteiger partial charge on any atom is 0.454 e. The summed E-state index contributed by atoms with van der Waals surface area (Å²) in [6.07, 6.45) is -1.86. The molecule has 1 unspecified atom stereocenters. The minimum Gasteiger partial charge on any atom is -0.290 e. The van der Waals surface area contributed by atoms with Crippen molar-refractivity contribution < 1.29 is 22.8 Å². The van der Waals surface area contributed by atoms with E-state index in [1.807, 2.05) is 0 Å². The molecular weight excluding hydrogens is 297 g/mol. The van der Waals surface area contributed by atoms with E-state index in [4.69, 9.17) is 11.6 Å². The normalized spacial score (nSPS) is 19.6. The lowest BCUT2D eigenvalue weighted by atomic mass is 9.94. The summed E-state index contributed by atoms with van der Waals surface area (Å²) < 4.78 is 38.7. The van der Waals surface area contributed by atoms with Crippen molar-refractivity contribution in [1.82, 2.24) is 9.78 Å². The molecule has 0 bridgehead atoms. The molecule has 2 rings (SSSR count). The van der Waals surface area contributed by atoms with Gasteiger partial charge in [0, 0.05) is 11.8 Å². The van der Waals surface area contributed by atoms with Gasteiger partial charge in [-0.15, -0.1) is 0 Å². The van der Waals surface area contributed by atoms with Crippen molar-refractivity contribution in [1.29, 1.82) is 0 Å². The van der Waals surface area contributed by atoms with E-state index in [9.17, 15) is 22.8 Å². The fourth-order valence-corrected chi connectivity index (χ4v) is 1.98. The third-order valence-electron chi connectivity index (χ3n) is 2.71. The highest BCUT2D eigenvalue weighted by molar-refractivity contribution is 6.44. The Morgan fingerprint density at radius 3 is 2.55 bits per heavy atom. The van der Waals surface area contributed by atoms with Gasteiger partial charge in [-0.2, -0.15) is 18.3 Å². The number of allylic oxidation sites excluding steroid dienone is 4. The lowest BCUT2D eigenvalue weighted by Gasteiger charge is -2.22. The van der Waals surface area contributed by atoms with Gasteiger partial charge in [-0.05, 0) is 19.1 Å². The minimum absolute atomic E-state index is 0.248. The Bertz CT molecular complexity index is 643. The molecule has 106 valence electrons. The molecule has 0 saturated carbocycles. The second-order valence-electron chi connectivity index (χ2n) is 4.17. The van der Waals surface area contributed by atoms with Gasteiger partial charge < -0.3 is 0 Å². The average Bonchev–Trinajstić information content (AvgIpc) is 2.76. The standard InChI is InChI=1S/C12H8ClF3N2O2/c1-6-4-5-18(17-6)9-7(11(20)12(14,15)16)2-3-8(13)10(9)19/h2-5,9H,1H3. The quantitative estimate of drug-likeness (QED) is 0.843. The zero-order chi connectivity index (χ0) is 15.1. The molecule has 4 nitrogen and oxygen atoms in total. The number of hydrogen-bond acceptors (Lipinski definition) is 3. The smallest absolute Gasteiger partial charge is 0.290 e. The van der Waals surface area contributed by atoms with Crippen molar-refractivity contribution >= 4 is 23.2 Å². The van der Waals surface area contributed by atoms with Crippen molar-refractivity contribution in [3.63, 3.8) is 0 Å². The Kier molecular flexibility index (Phi) is 3.56. The molecule has 1 heterocycles. The van der Waals surface area contributed by atoms with E-state index in [0.717, 1.165) is 16.8 Å². The summed E-state index contributed by atoms with van der Waals surface area (Å²) in [5.41, 5.74) is -0.197. The Balaban J connectivity index is 2.51. The van der Waals surface area contributed by atoms with Gasteiger partial charge >= 0.3 is 6.18 Å². The molecule has 0 aromatic carbocycles. The van der Waals surface area contributed by atoms with Gasteiger partial charge in [0.15, 0.2) is 0 Å². The number of hydrogen-bond donors (Lipinski definition) is 0. The van der Waals surface area contributed by atoms with Gasteiger partial charge in [-0.25, -0.2) is 0 Å². The second kappa shape index (κ2) is 4.90. The van der Waals surface area contributed by atoms with Crippen LogP contribution in [0.3, 0.4) is 0 Å². The fourth-order valence-electron chi connectivity index (χ4n) is 1.81. The van der Waals surface area contributed by atoms with Gasteiger partial charge in [0.2, 0.25) is 5.78 Å². The van der Waals surface area contributed by atoms with Gasteiger partial charge in [0.25, 0.3) is 5.78 Å². The molecule has 8 heteroatoms. The minimum atomic E-state index is -5.07. The van der Waals surface area contributed by atoms with Gasteiger partial charge in [0.05, 0.1) is 10.7 Å². The number of aromatic nitrogens is 2. The zero-order valence-electron chi connectivity index (χ0n) is 10.1. The molecule has 1 atom stereocenters. The highest BCUT2D eigenvalue weighted by atomic mass is 35.5. The third-order valence-corrected chi connectivity index (χ3v) is 3.03. The van der Waals surface area contributed by atoms with E-state index in [0.29, 0.717) is 5.69 Å². The van der Waals surface area contributed by atoms with Crippen LogP contribution < -0.4 is 0 Å². The van der Waals surface area contributed by atoms with Crippen molar-refractivity contribution in [3.05, 3.63) is 40.7 Å². The topological polar surface area (TPSA) is 52.0 Å². The number of Topliss-reactive ketones (excluding diaryl/α,β-unsaturated/α-hetero) is 2. The molecule has 1 aliphatic rings. The summed E-state index contributed by atoms with van der Waals surface area (Å²) in [6, 6.07) is 0.0187. The Morgan fingerprint density at radius 2 is 2.05 bits per heavy atom. The van der Waals surface area contributed by atoms with Crippen LogP contribution in [-0.2, 0) is 9.59 Å². The van der Waals surface area contributed by atoms with Crippen LogP contribution in [0.2, 0.25) is 0 Å². The van der Waals surface area contributed by atoms with Crippen molar-refractivity contribution in [2.24, 2.45) is 0 Å². The number of carbonyl (C=O) groups is 2. The predicted molar refractivity (Wildman–Crippen MR) is 64.1 cm³/mol. The monoisotopic (exact) mass is 304 g/mol. The molecule has 1 aromatic heterocycles. The first-order valence-electron chi connectivity index (χ1n) is 5.46. The molecule has 0 aliphatic heterocycles. The van der Waals surface area contributed by atoms with Crippen LogP contribution in [0.5, 0.6) is 0 Å². The van der Waals surface area contributed by atoms with Crippen molar-refractivity contribution in [2.75, 3.05) is 0 Å². The van der Waals surface area contributed by atoms with E-state index in [2.05, 4.69) is 5.10 Å². The SMILES string of the molecule is Cc1ccn(C2C(=O)C(Cl)=CC=C2C(=O)C(F)(F)F)n1. The number of carbonyl (C=O) groups excluding carboxylic acids is 2. The number of aryl methyl sites for hydroxylation is 1. The van der Waals surface area contributed by atoms with E-state index in [1.54, 1.807) is 6.92 Å². The molecule has 0 spiro atoms. The first kappa shape index (κ1) is 14.5. The zero-order valence-corrected chi connectivity index (χ0v) is 10.9. The number of halogens is 4. The van der Waals surface area contributed by atoms with E-state index < -0.39 is 29.4 Å². The largest absolute Gasteiger partial charge is 0.454 e. The van der Waals surface area contributed by atoms with Crippen LogP contribution in [0.1, 0.15) is 11.7 Å². The number of alkyl halides is 3. The maximum atomic E-state index is 12.6. The Labute approximate surface area is 116 Å². The molecule has 0 fully saturated rings. The van der Waals surface area contributed by atoms with Crippen LogP contribution in [0.15, 0.2) is 35.0 Å². The summed E-state index contributed by atoms with van der Waals surface area (Å²) >= 11 is 5.64. The molecule has 20 heavy (non-hydrogen) atoms. The van der Waals surface area contributed by atoms with E-state index >= 15 is 0 Å². The van der Waals surface area contributed by atoms with Crippen LogP contribution in [-0.4, -0.2) is 27.5 Å². The van der Waals surface area contributed by atoms with Crippen molar-refractivity contribution in [3.8, 4) is 0 Å². The summed E-state index contributed by atoms with van der Waals surface area (Å²) in [5, 5.41) is 3.64. The van der Waals surface area contributed by atoms with Crippen LogP contribution in [0.4, 0.5) is 13.2 Å². The maximum absolute atomic E-state index is 12.6. The van der Waals surface area contributed by atoms with Gasteiger partial charge in [-0.1, -0.05) is 17.7 Å². The van der Waals surface area contributed by atoms with Crippen LogP contribution in [0.25, 0.3) is 0 Å². The summed E-state index contributed by atoms with van der Waals surface area (Å²) in [4.78, 5) is 23.4. The number of rotatable bonds is 2. The molecule has 0 saturated heterocycles. The summed E-state index contributed by atoms with van der Waals surface area (Å²) in [5.74, 6) is -2.88. The third kappa shape index (κ3) is 2.53. The molecule has 1 aromatic rings. The molecule has 0 N–H and O–H groups in total. The van der Waals surface area contributed by atoms with Crippen LogP contribution >= 0.6 is 11.6 Å². The first-order valence-corrected chi connectivity index (χ1v) is 5.84. The van der Waals surface area contributed by atoms with Gasteiger partial charge in [0.1, 0.15) is 6.04 Å². The molecule has 0 radical (unpaired) electrons. The Morgan fingerprint density at radius 1 is 1.40 bits per heavy atom. The summed E-state index contributed by atoms with van der Waals surface area (Å²) in [6.45, 7) is 1.61. The molecule has 1 aliphatic carbocycles. The predicted octanol–water partition coefficient (Wildman–Crippen LogP) is 2.50. The number of ketones is 2. The van der Waals surface area contributed by atoms with E-state index in [1.165, 1.54) is 12.3 Å². The lowest BCUT2D eigenvalue weighted by molar-refractivity contribution is -0.167. The number of nitrogens with zero attached hydrogens (tertiary/aromatic N) is 2. The summed E-state index contributed by atoms with van der Waals surface area (Å²) in [7, 11) is 0. The molecule has 0 amide bonds. The van der Waals surface area contributed by atoms with Crippen molar-refractivity contribution in [2.45, 2.75) is 19.1 Å². The first-order chi connectivity index (χ1) is 9.21. The average molecular weight is 305 g/mol. The molecular formula is C12H8ClF3N2O2. The second-order valence-corrected chi connectivity index (χ2v) is 4.57. The van der Waals surface area contributed by atoms with Crippen LogP contribution in [0, 0.1) is 6.92 Å². The lowest BCUT2D eigenvalue weighted by Crippen LogP contribution is -2.34. The highest BCUT2D eigenvalue weighted by Crippen LogP contribution is 2.33. The fraction of sp³-hybridized carbons (Fsp3) is 0.250. The van der Waals surface area contributed by atoms with E-state index in [-0.39, 0.29) is 5.03 Å². The Hall–Kier alpha value is -1.89. The van der Waals surface area contributed by atoms with Gasteiger partial charge in [-0.3, -0.25) is 14.3 Å².